The molecule has 3 nitrogen and oxygen atoms in total. The minimum atomic E-state index is -0.249. The maximum atomic E-state index is 5.81. The Morgan fingerprint density at radius 1 is 0.722 bits per heavy atom. The van der Waals surface area contributed by atoms with Crippen LogP contribution in [0.25, 0.3) is 28.4 Å². The minimum Gasteiger partial charge on any atom is -0.378 e. The number of aryl methyl sites for hydroxylation is 1. The number of fused-ring (bicyclic) bond motifs is 1. The number of hydrogen-bond donors (Lipinski definition) is 0. The molecule has 3 aromatic rings. The van der Waals surface area contributed by atoms with Gasteiger partial charge in [0, 0.05) is 18.1 Å². The van der Waals surface area contributed by atoms with Gasteiger partial charge >= 0.3 is 0 Å². The molecular weight excluding hydrogens is 440 g/mol. The second-order valence-corrected chi connectivity index (χ2v) is 9.67. The molecule has 0 unspecified atom stereocenters. The van der Waals surface area contributed by atoms with Gasteiger partial charge in [-0.25, -0.2) is 9.97 Å². The monoisotopic (exact) mass is 492 g/mol. The average molecular weight is 493 g/mol. The lowest BCUT2D eigenvalue weighted by molar-refractivity contribution is -0.111. The third kappa shape index (κ3) is 7.74. The predicted molar refractivity (Wildman–Crippen MR) is 161 cm³/mol. The molecule has 0 spiro atoms. The summed E-state index contributed by atoms with van der Waals surface area (Å²) in [5, 5.41) is 0. The van der Waals surface area contributed by atoms with E-state index < -0.39 is 0 Å². The lowest BCUT2D eigenvalue weighted by atomic mass is 9.59. The number of allylic oxidation sites excluding steroid dienone is 1. The summed E-state index contributed by atoms with van der Waals surface area (Å²) in [7, 11) is 1.79. The molecular formula is C33H52N2O. The number of rotatable bonds is 6. The van der Waals surface area contributed by atoms with Crippen molar-refractivity contribution in [2.75, 3.05) is 7.11 Å². The SMILES string of the molecule is CC.CC.CC.COC(C)(C)C(C)(C)C(C)(C)/C=C/c1ccc2nc(-c3ccccc3)c(C)nc2c1. The summed E-state index contributed by atoms with van der Waals surface area (Å²) in [6, 6.07) is 16.5. The Labute approximate surface area is 222 Å². The van der Waals surface area contributed by atoms with Crippen LogP contribution in [0.3, 0.4) is 0 Å². The Hall–Kier alpha value is -2.52. The molecule has 0 saturated carbocycles. The van der Waals surface area contributed by atoms with E-state index in [1.54, 1.807) is 7.11 Å². The second kappa shape index (κ2) is 14.9. The highest BCUT2D eigenvalue weighted by molar-refractivity contribution is 5.80. The van der Waals surface area contributed by atoms with Gasteiger partial charge < -0.3 is 4.74 Å². The van der Waals surface area contributed by atoms with Crippen LogP contribution in [0.1, 0.15) is 94.3 Å². The summed E-state index contributed by atoms with van der Waals surface area (Å²) >= 11 is 0. The summed E-state index contributed by atoms with van der Waals surface area (Å²) in [4.78, 5) is 9.72. The molecule has 0 amide bonds. The van der Waals surface area contributed by atoms with Gasteiger partial charge in [0.05, 0.1) is 28.0 Å². The lowest BCUT2D eigenvalue weighted by Crippen LogP contribution is -2.49. The largest absolute Gasteiger partial charge is 0.378 e. The highest BCUT2D eigenvalue weighted by Crippen LogP contribution is 2.49. The Morgan fingerprint density at radius 2 is 1.28 bits per heavy atom. The van der Waals surface area contributed by atoms with Crippen LogP contribution in [0, 0.1) is 17.8 Å². The van der Waals surface area contributed by atoms with E-state index in [1.165, 1.54) is 0 Å². The molecule has 0 fully saturated rings. The number of nitrogens with zero attached hydrogens (tertiary/aromatic N) is 2. The molecule has 0 N–H and O–H groups in total. The van der Waals surface area contributed by atoms with Crippen LogP contribution in [0.2, 0.25) is 0 Å². The number of hydrogen-bond acceptors (Lipinski definition) is 3. The number of aromatic nitrogens is 2. The van der Waals surface area contributed by atoms with Gasteiger partial charge in [-0.3, -0.25) is 0 Å². The first-order valence-electron chi connectivity index (χ1n) is 13.6. The summed E-state index contributed by atoms with van der Waals surface area (Å²) in [6.45, 7) is 27.4. The predicted octanol–water partition coefficient (Wildman–Crippen LogP) is 10.2. The van der Waals surface area contributed by atoms with Crippen molar-refractivity contribution in [3.63, 3.8) is 0 Å². The molecule has 3 rings (SSSR count). The van der Waals surface area contributed by atoms with E-state index in [1.807, 2.05) is 66.7 Å². The van der Waals surface area contributed by atoms with Crippen molar-refractivity contribution in [3.05, 3.63) is 65.9 Å². The van der Waals surface area contributed by atoms with Gasteiger partial charge in [0.2, 0.25) is 0 Å². The standard InChI is InChI=1S/C27H34N2O.3C2H6/c1-19-24(21-12-10-9-11-13-21)29-22-15-14-20(18-23(22)28-19)16-17-25(2,3)26(4,5)27(6,7)30-8;3*1-2/h9-18H,1-8H3;3*1-2H3/b17-16+;;;. The highest BCUT2D eigenvalue weighted by Gasteiger charge is 2.47. The van der Waals surface area contributed by atoms with Crippen molar-refractivity contribution >= 4 is 17.1 Å². The first-order valence-corrected chi connectivity index (χ1v) is 13.6. The molecule has 0 aliphatic rings. The van der Waals surface area contributed by atoms with Crippen LogP contribution < -0.4 is 0 Å². The third-order valence-electron chi connectivity index (χ3n) is 7.23. The van der Waals surface area contributed by atoms with Crippen LogP contribution in [-0.2, 0) is 4.74 Å². The van der Waals surface area contributed by atoms with Crippen LogP contribution >= 0.6 is 0 Å². The molecule has 1 heterocycles. The first-order chi connectivity index (χ1) is 17.0. The second-order valence-electron chi connectivity index (χ2n) is 9.67. The fourth-order valence-corrected chi connectivity index (χ4v) is 3.68. The molecule has 1 aromatic heterocycles. The molecule has 0 radical (unpaired) electrons. The van der Waals surface area contributed by atoms with Gasteiger partial charge in [0.25, 0.3) is 0 Å². The van der Waals surface area contributed by atoms with Gasteiger partial charge in [0.15, 0.2) is 0 Å². The van der Waals surface area contributed by atoms with E-state index in [9.17, 15) is 0 Å². The van der Waals surface area contributed by atoms with Crippen LogP contribution in [0.15, 0.2) is 54.6 Å². The van der Waals surface area contributed by atoms with E-state index in [4.69, 9.17) is 14.7 Å². The molecule has 0 aliphatic heterocycles. The molecule has 200 valence electrons. The van der Waals surface area contributed by atoms with E-state index in [0.29, 0.717) is 0 Å². The first kappa shape index (κ1) is 33.5. The zero-order chi connectivity index (χ0) is 28.2. The van der Waals surface area contributed by atoms with Gasteiger partial charge in [-0.05, 0) is 43.9 Å². The van der Waals surface area contributed by atoms with E-state index in [2.05, 4.69) is 84.0 Å². The van der Waals surface area contributed by atoms with Crippen molar-refractivity contribution in [3.8, 4) is 11.3 Å². The Bertz CT molecular complexity index is 1060. The van der Waals surface area contributed by atoms with Crippen molar-refractivity contribution in [2.24, 2.45) is 10.8 Å². The molecule has 0 aliphatic carbocycles. The highest BCUT2D eigenvalue weighted by atomic mass is 16.5. The average Bonchev–Trinajstić information content (AvgIpc) is 2.90. The van der Waals surface area contributed by atoms with Gasteiger partial charge in [-0.1, -0.05) is 118 Å². The van der Waals surface area contributed by atoms with E-state index in [0.717, 1.165) is 33.5 Å². The van der Waals surface area contributed by atoms with Crippen molar-refractivity contribution in [2.45, 2.75) is 95.6 Å². The Balaban J connectivity index is 0.00000190. The summed E-state index contributed by atoms with van der Waals surface area (Å²) in [6.07, 6.45) is 4.47. The smallest absolute Gasteiger partial charge is 0.0922 e. The van der Waals surface area contributed by atoms with Crippen LogP contribution in [0.4, 0.5) is 0 Å². The fourth-order valence-electron chi connectivity index (χ4n) is 3.68. The zero-order valence-corrected chi connectivity index (χ0v) is 25.6. The third-order valence-corrected chi connectivity index (χ3v) is 7.23. The maximum Gasteiger partial charge on any atom is 0.0922 e. The Morgan fingerprint density at radius 3 is 1.81 bits per heavy atom. The van der Waals surface area contributed by atoms with Gasteiger partial charge in [0.1, 0.15) is 0 Å². The summed E-state index contributed by atoms with van der Waals surface area (Å²) in [5.74, 6) is 0. The normalized spacial score (nSPS) is 11.6. The molecule has 36 heavy (non-hydrogen) atoms. The van der Waals surface area contributed by atoms with Crippen molar-refractivity contribution in [1.82, 2.24) is 9.97 Å². The van der Waals surface area contributed by atoms with Gasteiger partial charge in [-0.15, -0.1) is 0 Å². The quantitative estimate of drug-likeness (QED) is 0.343. The van der Waals surface area contributed by atoms with E-state index in [-0.39, 0.29) is 16.4 Å². The van der Waals surface area contributed by atoms with Crippen LogP contribution in [-0.4, -0.2) is 22.7 Å². The molecule has 2 aromatic carbocycles. The summed E-state index contributed by atoms with van der Waals surface area (Å²) < 4.78 is 5.81. The molecule has 0 bridgehead atoms. The van der Waals surface area contributed by atoms with E-state index >= 15 is 0 Å². The fraction of sp³-hybridized carbons (Fsp3) is 0.515. The molecule has 0 saturated heterocycles. The number of benzene rings is 2. The van der Waals surface area contributed by atoms with Crippen molar-refractivity contribution < 1.29 is 4.74 Å². The van der Waals surface area contributed by atoms with Gasteiger partial charge in [-0.2, -0.15) is 0 Å². The maximum absolute atomic E-state index is 5.81. The Kier molecular flexibility index (Phi) is 13.9. The molecule has 3 heteroatoms. The van der Waals surface area contributed by atoms with Crippen LogP contribution in [0.5, 0.6) is 0 Å². The van der Waals surface area contributed by atoms with Crippen molar-refractivity contribution in [1.29, 1.82) is 0 Å². The topological polar surface area (TPSA) is 35.0 Å². The zero-order valence-electron chi connectivity index (χ0n) is 25.6. The number of ether oxygens (including phenoxy) is 1. The molecule has 0 atom stereocenters. The summed E-state index contributed by atoms with van der Waals surface area (Å²) in [5.41, 5.74) is 5.56. The lowest BCUT2D eigenvalue weighted by Gasteiger charge is -2.50. The number of methoxy groups -OCH3 is 1. The minimum absolute atomic E-state index is 0.0664.